The fraction of sp³-hybridized carbons (Fsp3) is 0.875. The molecule has 0 aromatic carbocycles. The molecule has 1 amide bonds. The quantitative estimate of drug-likeness (QED) is 0.685. The summed E-state index contributed by atoms with van der Waals surface area (Å²) in [4.78, 5) is 13.3. The zero-order valence-corrected chi connectivity index (χ0v) is 8.49. The monoisotopic (exact) mass is 188 g/mol. The molecular weight excluding hydrogens is 172 g/mol. The van der Waals surface area contributed by atoms with E-state index in [9.17, 15) is 4.79 Å². The second-order valence-corrected chi connectivity index (χ2v) is 4.20. The van der Waals surface area contributed by atoms with Gasteiger partial charge in [0, 0.05) is 18.8 Å². The van der Waals surface area contributed by atoms with Crippen molar-refractivity contribution >= 4 is 17.7 Å². The lowest BCUT2D eigenvalue weighted by Gasteiger charge is -2.23. The molecule has 0 aromatic rings. The summed E-state index contributed by atoms with van der Waals surface area (Å²) >= 11 is 1.93. The van der Waals surface area contributed by atoms with Crippen LogP contribution in [0.15, 0.2) is 0 Å². The Kier molecular flexibility index (Phi) is 3.88. The van der Waals surface area contributed by atoms with E-state index in [0.29, 0.717) is 12.6 Å². The minimum atomic E-state index is 0.199. The SMILES string of the molecule is CNCC(=O)N(C)[C@@H]1CCSC1. The predicted molar refractivity (Wildman–Crippen MR) is 52.4 cm³/mol. The van der Waals surface area contributed by atoms with E-state index in [0.717, 1.165) is 12.2 Å². The average molecular weight is 188 g/mol. The Morgan fingerprint density at radius 2 is 2.50 bits per heavy atom. The number of thioether (sulfide) groups is 1. The molecular formula is C8H16N2OS. The Morgan fingerprint density at radius 3 is 3.00 bits per heavy atom. The maximum atomic E-state index is 11.4. The molecule has 1 atom stereocenters. The van der Waals surface area contributed by atoms with Gasteiger partial charge in [0.15, 0.2) is 0 Å². The summed E-state index contributed by atoms with van der Waals surface area (Å²) in [7, 11) is 3.70. The van der Waals surface area contributed by atoms with Gasteiger partial charge in [-0.05, 0) is 19.2 Å². The lowest BCUT2D eigenvalue weighted by atomic mass is 10.2. The van der Waals surface area contributed by atoms with Crippen LogP contribution in [0.2, 0.25) is 0 Å². The topological polar surface area (TPSA) is 32.3 Å². The van der Waals surface area contributed by atoms with Gasteiger partial charge >= 0.3 is 0 Å². The Labute approximate surface area is 77.9 Å². The summed E-state index contributed by atoms with van der Waals surface area (Å²) in [6.45, 7) is 0.456. The number of hydrogen-bond donors (Lipinski definition) is 1. The molecule has 70 valence electrons. The van der Waals surface area contributed by atoms with Crippen molar-refractivity contribution in [3.05, 3.63) is 0 Å². The molecule has 0 saturated carbocycles. The summed E-state index contributed by atoms with van der Waals surface area (Å²) in [5.74, 6) is 2.50. The standard InChI is InChI=1S/C8H16N2OS/c1-9-5-8(11)10(2)7-3-4-12-6-7/h7,9H,3-6H2,1-2H3/t7-/m1/s1. The van der Waals surface area contributed by atoms with Gasteiger partial charge < -0.3 is 10.2 Å². The number of nitrogens with zero attached hydrogens (tertiary/aromatic N) is 1. The molecule has 0 aliphatic carbocycles. The minimum absolute atomic E-state index is 0.199. The largest absolute Gasteiger partial charge is 0.341 e. The van der Waals surface area contributed by atoms with Crippen LogP contribution in [0.1, 0.15) is 6.42 Å². The van der Waals surface area contributed by atoms with Crippen molar-refractivity contribution in [1.29, 1.82) is 0 Å². The Morgan fingerprint density at radius 1 is 1.75 bits per heavy atom. The molecule has 1 heterocycles. The van der Waals surface area contributed by atoms with Crippen LogP contribution in [0.5, 0.6) is 0 Å². The number of likely N-dealkylation sites (N-methyl/N-ethyl adjacent to an activating group) is 2. The van der Waals surface area contributed by atoms with Crippen molar-refractivity contribution in [1.82, 2.24) is 10.2 Å². The van der Waals surface area contributed by atoms with E-state index in [4.69, 9.17) is 0 Å². The summed E-state index contributed by atoms with van der Waals surface area (Å²) < 4.78 is 0. The second kappa shape index (κ2) is 4.72. The first kappa shape index (κ1) is 9.86. The highest BCUT2D eigenvalue weighted by molar-refractivity contribution is 7.99. The minimum Gasteiger partial charge on any atom is -0.341 e. The van der Waals surface area contributed by atoms with Crippen LogP contribution in [0.25, 0.3) is 0 Å². The zero-order chi connectivity index (χ0) is 8.97. The highest BCUT2D eigenvalue weighted by atomic mass is 32.2. The van der Waals surface area contributed by atoms with E-state index >= 15 is 0 Å². The van der Waals surface area contributed by atoms with Gasteiger partial charge in [0.25, 0.3) is 0 Å². The number of nitrogens with one attached hydrogen (secondary N) is 1. The number of rotatable bonds is 3. The van der Waals surface area contributed by atoms with E-state index < -0.39 is 0 Å². The zero-order valence-electron chi connectivity index (χ0n) is 7.67. The number of amides is 1. The van der Waals surface area contributed by atoms with Gasteiger partial charge in [0.1, 0.15) is 0 Å². The molecule has 1 rings (SSSR count). The second-order valence-electron chi connectivity index (χ2n) is 3.05. The summed E-state index contributed by atoms with van der Waals surface area (Å²) in [5, 5.41) is 2.87. The lowest BCUT2D eigenvalue weighted by molar-refractivity contribution is -0.130. The summed E-state index contributed by atoms with van der Waals surface area (Å²) in [6, 6.07) is 0.468. The van der Waals surface area contributed by atoms with Gasteiger partial charge in [0.05, 0.1) is 6.54 Å². The van der Waals surface area contributed by atoms with E-state index in [-0.39, 0.29) is 5.91 Å². The van der Waals surface area contributed by atoms with Crippen LogP contribution in [-0.2, 0) is 4.79 Å². The third-order valence-electron chi connectivity index (χ3n) is 2.17. The third-order valence-corrected chi connectivity index (χ3v) is 3.32. The molecule has 0 aromatic heterocycles. The summed E-state index contributed by atoms with van der Waals surface area (Å²) in [5.41, 5.74) is 0. The first-order valence-electron chi connectivity index (χ1n) is 4.23. The van der Waals surface area contributed by atoms with Crippen LogP contribution in [0.4, 0.5) is 0 Å². The van der Waals surface area contributed by atoms with Gasteiger partial charge in [-0.1, -0.05) is 0 Å². The van der Waals surface area contributed by atoms with Crippen molar-refractivity contribution in [2.45, 2.75) is 12.5 Å². The number of carbonyl (C=O) groups is 1. The van der Waals surface area contributed by atoms with Crippen molar-refractivity contribution in [2.24, 2.45) is 0 Å². The van der Waals surface area contributed by atoms with Crippen molar-refractivity contribution < 1.29 is 4.79 Å². The van der Waals surface area contributed by atoms with Crippen molar-refractivity contribution in [2.75, 3.05) is 32.1 Å². The molecule has 1 saturated heterocycles. The molecule has 4 heteroatoms. The Balaban J connectivity index is 2.34. The predicted octanol–water partition coefficient (Wildman–Crippen LogP) is 0.170. The fourth-order valence-electron chi connectivity index (χ4n) is 1.31. The van der Waals surface area contributed by atoms with Crippen LogP contribution in [0.3, 0.4) is 0 Å². The van der Waals surface area contributed by atoms with Crippen molar-refractivity contribution in [3.8, 4) is 0 Å². The van der Waals surface area contributed by atoms with Crippen LogP contribution < -0.4 is 5.32 Å². The highest BCUT2D eigenvalue weighted by Gasteiger charge is 2.22. The van der Waals surface area contributed by atoms with Gasteiger partial charge in [-0.2, -0.15) is 11.8 Å². The molecule has 1 aliphatic rings. The van der Waals surface area contributed by atoms with E-state index in [1.807, 2.05) is 23.7 Å². The van der Waals surface area contributed by atoms with E-state index in [1.54, 1.807) is 7.05 Å². The molecule has 3 nitrogen and oxygen atoms in total. The van der Waals surface area contributed by atoms with Crippen LogP contribution in [0, 0.1) is 0 Å². The molecule has 1 fully saturated rings. The Hall–Kier alpha value is -0.220. The smallest absolute Gasteiger partial charge is 0.236 e. The first-order valence-corrected chi connectivity index (χ1v) is 5.39. The van der Waals surface area contributed by atoms with Crippen LogP contribution >= 0.6 is 11.8 Å². The normalized spacial score (nSPS) is 22.7. The highest BCUT2D eigenvalue weighted by Crippen LogP contribution is 2.21. The maximum absolute atomic E-state index is 11.4. The first-order chi connectivity index (χ1) is 5.75. The van der Waals surface area contributed by atoms with Gasteiger partial charge in [-0.15, -0.1) is 0 Å². The average Bonchev–Trinajstić information content (AvgIpc) is 2.55. The maximum Gasteiger partial charge on any atom is 0.236 e. The van der Waals surface area contributed by atoms with E-state index in [2.05, 4.69) is 5.32 Å². The molecule has 0 unspecified atom stereocenters. The van der Waals surface area contributed by atoms with E-state index in [1.165, 1.54) is 5.75 Å². The molecule has 1 N–H and O–H groups in total. The molecule has 0 bridgehead atoms. The van der Waals surface area contributed by atoms with Crippen LogP contribution in [-0.4, -0.2) is 49.0 Å². The molecule has 1 aliphatic heterocycles. The molecule has 12 heavy (non-hydrogen) atoms. The number of carbonyl (C=O) groups excluding carboxylic acids is 1. The Bertz CT molecular complexity index is 157. The fourth-order valence-corrected chi connectivity index (χ4v) is 2.57. The van der Waals surface area contributed by atoms with Gasteiger partial charge in [-0.25, -0.2) is 0 Å². The summed E-state index contributed by atoms with van der Waals surface area (Å²) in [6.07, 6.45) is 1.15. The number of hydrogen-bond acceptors (Lipinski definition) is 3. The molecule has 0 spiro atoms. The van der Waals surface area contributed by atoms with Gasteiger partial charge in [0.2, 0.25) is 5.91 Å². The van der Waals surface area contributed by atoms with Crippen molar-refractivity contribution in [3.63, 3.8) is 0 Å². The molecule has 0 radical (unpaired) electrons. The van der Waals surface area contributed by atoms with Gasteiger partial charge in [-0.3, -0.25) is 4.79 Å². The lowest BCUT2D eigenvalue weighted by Crippen LogP contribution is -2.41. The third kappa shape index (κ3) is 2.38.